The molecule has 0 aliphatic carbocycles. The molecule has 2 aromatic carbocycles. The van der Waals surface area contributed by atoms with Crippen LogP contribution in [0.2, 0.25) is 0 Å². The Morgan fingerprint density at radius 1 is 1.23 bits per heavy atom. The molecule has 1 unspecified atom stereocenters. The molecule has 1 N–H and O–H groups in total. The molecule has 2 aromatic rings. The van der Waals surface area contributed by atoms with E-state index in [-0.39, 0.29) is 23.4 Å². The monoisotopic (exact) mass is 371 g/mol. The van der Waals surface area contributed by atoms with Crippen LogP contribution in [0.5, 0.6) is 0 Å². The number of rotatable bonds is 6. The second-order valence-corrected chi connectivity index (χ2v) is 8.19. The first-order valence-corrected chi connectivity index (χ1v) is 9.90. The third-order valence-electron chi connectivity index (χ3n) is 4.12. The van der Waals surface area contributed by atoms with Crippen LogP contribution in [0.1, 0.15) is 24.1 Å². The van der Waals surface area contributed by atoms with E-state index in [1.165, 1.54) is 6.26 Å². The Balaban J connectivity index is 2.00. The average Bonchev–Trinajstić information content (AvgIpc) is 2.60. The SMILES string of the molecule is CC(c1ccc(S(C)(=O)=O)cc1)N(C)CC(=O)Nc1cccc(C#N)c1. The van der Waals surface area contributed by atoms with Gasteiger partial charge < -0.3 is 5.32 Å². The fourth-order valence-electron chi connectivity index (χ4n) is 2.48. The van der Waals surface area contributed by atoms with Crippen LogP contribution in [0.3, 0.4) is 0 Å². The Labute approximate surface area is 154 Å². The van der Waals surface area contributed by atoms with Gasteiger partial charge in [0.15, 0.2) is 9.84 Å². The minimum absolute atomic E-state index is 0.0696. The van der Waals surface area contributed by atoms with Gasteiger partial charge >= 0.3 is 0 Å². The summed E-state index contributed by atoms with van der Waals surface area (Å²) in [5.41, 5.74) is 1.97. The average molecular weight is 371 g/mol. The minimum atomic E-state index is -3.23. The van der Waals surface area contributed by atoms with Crippen molar-refractivity contribution in [3.8, 4) is 6.07 Å². The number of hydrogen-bond donors (Lipinski definition) is 1. The van der Waals surface area contributed by atoms with E-state index in [4.69, 9.17) is 5.26 Å². The fourth-order valence-corrected chi connectivity index (χ4v) is 3.11. The summed E-state index contributed by atoms with van der Waals surface area (Å²) in [4.78, 5) is 14.4. The Kier molecular flexibility index (Phi) is 6.14. The molecule has 1 atom stereocenters. The number of nitrogens with one attached hydrogen (secondary N) is 1. The standard InChI is InChI=1S/C19H21N3O3S/c1-14(16-7-9-18(10-8-16)26(3,24)25)22(2)13-19(23)21-17-6-4-5-15(11-17)12-20/h4-11,14H,13H2,1-3H3,(H,21,23). The summed E-state index contributed by atoms with van der Waals surface area (Å²) >= 11 is 0. The maximum absolute atomic E-state index is 12.2. The van der Waals surface area contributed by atoms with Crippen LogP contribution in [-0.2, 0) is 14.6 Å². The highest BCUT2D eigenvalue weighted by atomic mass is 32.2. The van der Waals surface area contributed by atoms with E-state index < -0.39 is 9.84 Å². The molecule has 0 heterocycles. The Bertz CT molecular complexity index is 931. The summed E-state index contributed by atoms with van der Waals surface area (Å²) in [6, 6.07) is 15.3. The smallest absolute Gasteiger partial charge is 0.238 e. The molecule has 0 radical (unpaired) electrons. The quantitative estimate of drug-likeness (QED) is 0.843. The van der Waals surface area contributed by atoms with Crippen LogP contribution < -0.4 is 5.32 Å². The summed E-state index contributed by atoms with van der Waals surface area (Å²) in [5, 5.41) is 11.7. The highest BCUT2D eigenvalue weighted by Gasteiger charge is 2.16. The normalized spacial score (nSPS) is 12.4. The number of benzene rings is 2. The fraction of sp³-hybridized carbons (Fsp3) is 0.263. The van der Waals surface area contributed by atoms with Crippen LogP contribution >= 0.6 is 0 Å². The van der Waals surface area contributed by atoms with Gasteiger partial charge in [-0.05, 0) is 49.9 Å². The molecule has 1 amide bonds. The van der Waals surface area contributed by atoms with E-state index in [0.29, 0.717) is 11.3 Å². The van der Waals surface area contributed by atoms with Gasteiger partial charge in [0.25, 0.3) is 0 Å². The second kappa shape index (κ2) is 8.13. The molecule has 6 nitrogen and oxygen atoms in total. The van der Waals surface area contributed by atoms with Gasteiger partial charge in [-0.1, -0.05) is 18.2 Å². The van der Waals surface area contributed by atoms with Crippen LogP contribution in [0, 0.1) is 11.3 Å². The number of carbonyl (C=O) groups is 1. The van der Waals surface area contributed by atoms with Gasteiger partial charge in [-0.3, -0.25) is 9.69 Å². The highest BCUT2D eigenvalue weighted by molar-refractivity contribution is 7.90. The summed E-state index contributed by atoms with van der Waals surface area (Å²) in [5.74, 6) is -0.192. The molecule has 0 fully saturated rings. The molecule has 0 saturated carbocycles. The van der Waals surface area contributed by atoms with Gasteiger partial charge in [0.05, 0.1) is 23.1 Å². The molecule has 0 aliphatic rings. The summed E-state index contributed by atoms with van der Waals surface area (Å²) in [6.07, 6.45) is 1.17. The second-order valence-electron chi connectivity index (χ2n) is 6.17. The third kappa shape index (κ3) is 5.15. The number of nitriles is 1. The minimum Gasteiger partial charge on any atom is -0.325 e. The molecule has 0 aromatic heterocycles. The number of sulfone groups is 1. The Hall–Kier alpha value is -2.69. The first-order chi connectivity index (χ1) is 12.2. The first kappa shape index (κ1) is 19.6. The lowest BCUT2D eigenvalue weighted by Crippen LogP contribution is -2.32. The van der Waals surface area contributed by atoms with Gasteiger partial charge in [0, 0.05) is 18.0 Å². The number of hydrogen-bond acceptors (Lipinski definition) is 5. The zero-order valence-electron chi connectivity index (χ0n) is 14.9. The van der Waals surface area contributed by atoms with Crippen LogP contribution in [-0.4, -0.2) is 39.1 Å². The molecular weight excluding hydrogens is 350 g/mol. The maximum Gasteiger partial charge on any atom is 0.238 e. The summed E-state index contributed by atoms with van der Waals surface area (Å²) < 4.78 is 23.1. The van der Waals surface area contributed by atoms with Crippen molar-refractivity contribution >= 4 is 21.4 Å². The first-order valence-electron chi connectivity index (χ1n) is 8.01. The number of nitrogens with zero attached hydrogens (tertiary/aromatic N) is 2. The largest absolute Gasteiger partial charge is 0.325 e. The van der Waals surface area contributed by atoms with E-state index in [1.807, 2.05) is 24.9 Å². The molecule has 2 rings (SSSR count). The maximum atomic E-state index is 12.2. The van der Waals surface area contributed by atoms with Gasteiger partial charge in [-0.2, -0.15) is 5.26 Å². The highest BCUT2D eigenvalue weighted by Crippen LogP contribution is 2.20. The molecule has 0 spiro atoms. The van der Waals surface area contributed by atoms with E-state index in [0.717, 1.165) is 5.56 Å². The lowest BCUT2D eigenvalue weighted by atomic mass is 10.1. The lowest BCUT2D eigenvalue weighted by molar-refractivity contribution is -0.117. The van der Waals surface area contributed by atoms with Crippen LogP contribution in [0.25, 0.3) is 0 Å². The zero-order chi connectivity index (χ0) is 19.3. The molecule has 0 bridgehead atoms. The van der Waals surface area contributed by atoms with Gasteiger partial charge in [0.2, 0.25) is 5.91 Å². The van der Waals surface area contributed by atoms with Crippen LogP contribution in [0.4, 0.5) is 5.69 Å². The van der Waals surface area contributed by atoms with Crippen molar-refractivity contribution in [1.29, 1.82) is 5.26 Å². The van der Waals surface area contributed by atoms with E-state index in [1.54, 1.807) is 48.5 Å². The Morgan fingerprint density at radius 3 is 2.46 bits per heavy atom. The van der Waals surface area contributed by atoms with Crippen molar-refractivity contribution in [2.24, 2.45) is 0 Å². The van der Waals surface area contributed by atoms with Crippen molar-refractivity contribution in [2.45, 2.75) is 17.9 Å². The molecule has 0 aliphatic heterocycles. The van der Waals surface area contributed by atoms with Crippen molar-refractivity contribution in [3.63, 3.8) is 0 Å². The van der Waals surface area contributed by atoms with Crippen molar-refractivity contribution in [1.82, 2.24) is 4.90 Å². The summed E-state index contributed by atoms with van der Waals surface area (Å²) in [7, 11) is -1.41. The predicted molar refractivity (Wildman–Crippen MR) is 100 cm³/mol. The van der Waals surface area contributed by atoms with E-state index in [9.17, 15) is 13.2 Å². The van der Waals surface area contributed by atoms with Gasteiger partial charge in [0.1, 0.15) is 0 Å². The molecule has 7 heteroatoms. The molecule has 136 valence electrons. The van der Waals surface area contributed by atoms with Gasteiger partial charge in [-0.15, -0.1) is 0 Å². The van der Waals surface area contributed by atoms with E-state index >= 15 is 0 Å². The van der Waals surface area contributed by atoms with Crippen molar-refractivity contribution in [2.75, 3.05) is 25.2 Å². The zero-order valence-corrected chi connectivity index (χ0v) is 15.7. The lowest BCUT2D eigenvalue weighted by Gasteiger charge is -2.24. The number of carbonyl (C=O) groups excluding carboxylic acids is 1. The van der Waals surface area contributed by atoms with Crippen molar-refractivity contribution < 1.29 is 13.2 Å². The van der Waals surface area contributed by atoms with E-state index in [2.05, 4.69) is 5.32 Å². The van der Waals surface area contributed by atoms with Crippen molar-refractivity contribution in [3.05, 3.63) is 59.7 Å². The molecule has 0 saturated heterocycles. The molecule has 26 heavy (non-hydrogen) atoms. The molecular formula is C19H21N3O3S. The number of likely N-dealkylation sites (N-methyl/N-ethyl adjacent to an activating group) is 1. The van der Waals surface area contributed by atoms with Crippen LogP contribution in [0.15, 0.2) is 53.4 Å². The third-order valence-corrected chi connectivity index (χ3v) is 5.25. The number of anilines is 1. The number of amides is 1. The van der Waals surface area contributed by atoms with Gasteiger partial charge in [-0.25, -0.2) is 8.42 Å². The predicted octanol–water partition coefficient (Wildman–Crippen LogP) is 2.59. The topological polar surface area (TPSA) is 90.3 Å². The summed E-state index contributed by atoms with van der Waals surface area (Å²) in [6.45, 7) is 2.10. The Morgan fingerprint density at radius 2 is 1.88 bits per heavy atom.